The highest BCUT2D eigenvalue weighted by molar-refractivity contribution is 5.92. The van der Waals surface area contributed by atoms with Crippen LogP contribution in [0.2, 0.25) is 0 Å². The number of rotatable bonds is 0. The first-order chi connectivity index (χ1) is 33.9. The maximum Gasteiger partial charge on any atom is 0.129 e. The smallest absolute Gasteiger partial charge is 0.129 e. The zero-order valence-corrected chi connectivity index (χ0v) is 49.4. The Morgan fingerprint density at radius 2 is 0.274 bits per heavy atom. The standard InChI is InChI=1S/4C14H18N2.C6H9N3/c4*1-7-8(2)10(4)14-13(9(7)3)11(5)15-12(6)16-14;1-4-7-5(2)9-6(3)8-4/h4*1-6H3;1-3H3. The van der Waals surface area contributed by atoms with Crippen molar-refractivity contribution >= 4 is 43.6 Å². The van der Waals surface area contributed by atoms with Gasteiger partial charge in [-0.05, 0) is 276 Å². The van der Waals surface area contributed by atoms with Crippen LogP contribution in [0.4, 0.5) is 0 Å². The van der Waals surface area contributed by atoms with Crippen molar-refractivity contribution in [2.75, 3.05) is 0 Å². The molecule has 11 nitrogen and oxygen atoms in total. The SMILES string of the molecule is Cc1nc(C)c2c(C)c(C)c(C)c(C)c2n1.Cc1nc(C)c2c(C)c(C)c(C)c(C)c2n1.Cc1nc(C)c2c(C)c(C)c(C)c(C)c2n1.Cc1nc(C)c2c(C)c(C)c(C)c(C)c2n1.Cc1nc(C)nc(C)n1. The van der Waals surface area contributed by atoms with Crippen molar-refractivity contribution in [2.45, 2.75) is 187 Å². The highest BCUT2D eigenvalue weighted by Crippen LogP contribution is 2.33. The largest absolute Gasteiger partial charge is 0.238 e. The second-order valence-corrected chi connectivity index (χ2v) is 20.3. The second-order valence-electron chi connectivity index (χ2n) is 20.3. The molecule has 73 heavy (non-hydrogen) atoms. The number of hydrogen-bond donors (Lipinski definition) is 0. The third-order valence-electron chi connectivity index (χ3n) is 15.4. The van der Waals surface area contributed by atoms with Gasteiger partial charge in [-0.25, -0.2) is 54.8 Å². The van der Waals surface area contributed by atoms with Crippen molar-refractivity contribution in [1.82, 2.24) is 54.8 Å². The van der Waals surface area contributed by atoms with Crippen LogP contribution in [0, 0.1) is 187 Å². The van der Waals surface area contributed by atoms with Gasteiger partial charge in [-0.15, -0.1) is 0 Å². The van der Waals surface area contributed by atoms with Crippen LogP contribution in [0.3, 0.4) is 0 Å². The lowest BCUT2D eigenvalue weighted by atomic mass is 9.94. The number of aromatic nitrogens is 11. The zero-order valence-electron chi connectivity index (χ0n) is 49.4. The Balaban J connectivity index is 0.000000171. The Bertz CT molecular complexity index is 3160. The maximum absolute atomic E-state index is 4.59. The third kappa shape index (κ3) is 11.7. The van der Waals surface area contributed by atoms with E-state index in [9.17, 15) is 0 Å². The van der Waals surface area contributed by atoms with Crippen LogP contribution in [0.25, 0.3) is 43.6 Å². The lowest BCUT2D eigenvalue weighted by molar-refractivity contribution is 0.875. The Morgan fingerprint density at radius 1 is 0.137 bits per heavy atom. The van der Waals surface area contributed by atoms with Crippen molar-refractivity contribution < 1.29 is 0 Å². The van der Waals surface area contributed by atoms with Gasteiger partial charge >= 0.3 is 0 Å². The van der Waals surface area contributed by atoms with Gasteiger partial charge < -0.3 is 0 Å². The van der Waals surface area contributed by atoms with Crippen molar-refractivity contribution in [1.29, 1.82) is 0 Å². The van der Waals surface area contributed by atoms with Gasteiger partial charge in [-0.1, -0.05) is 0 Å². The first-order valence-corrected chi connectivity index (χ1v) is 25.4. The molecule has 11 heteroatoms. The third-order valence-corrected chi connectivity index (χ3v) is 15.4. The first-order valence-electron chi connectivity index (χ1n) is 25.4. The topological polar surface area (TPSA) is 142 Å². The van der Waals surface area contributed by atoms with Gasteiger partial charge in [-0.3, -0.25) is 0 Å². The van der Waals surface area contributed by atoms with E-state index >= 15 is 0 Å². The summed E-state index contributed by atoms with van der Waals surface area (Å²) >= 11 is 0. The average Bonchev–Trinajstić information content (AvgIpc) is 3.30. The fourth-order valence-corrected chi connectivity index (χ4v) is 10.2. The molecule has 9 rings (SSSR count). The van der Waals surface area contributed by atoms with Crippen LogP contribution in [-0.2, 0) is 0 Å². The lowest BCUT2D eigenvalue weighted by Crippen LogP contribution is -2.01. The fourth-order valence-electron chi connectivity index (χ4n) is 10.2. The fraction of sp³-hybridized carbons (Fsp3) is 0.435. The van der Waals surface area contributed by atoms with E-state index in [2.05, 4.69) is 193 Å². The lowest BCUT2D eigenvalue weighted by Gasteiger charge is -2.14. The molecule has 0 spiro atoms. The van der Waals surface area contributed by atoms with Crippen LogP contribution in [0.1, 0.15) is 153 Å². The summed E-state index contributed by atoms with van der Waals surface area (Å²) in [7, 11) is 0. The molecule has 0 aliphatic heterocycles. The summed E-state index contributed by atoms with van der Waals surface area (Å²) in [5.74, 6) is 5.80. The molecule has 9 aromatic rings. The Hall–Kier alpha value is -6.75. The quantitative estimate of drug-likeness (QED) is 0.143. The molecule has 0 aliphatic carbocycles. The van der Waals surface area contributed by atoms with Crippen LogP contribution in [0.5, 0.6) is 0 Å². The molecular weight excluding hydrogens is 899 g/mol. The highest BCUT2D eigenvalue weighted by atomic mass is 15.0. The van der Waals surface area contributed by atoms with Gasteiger partial charge in [0.1, 0.15) is 40.8 Å². The summed E-state index contributed by atoms with van der Waals surface area (Å²) in [6.45, 7) is 56.3. The van der Waals surface area contributed by atoms with E-state index in [1.165, 1.54) is 111 Å². The number of benzene rings is 4. The monoisotopic (exact) mass is 980 g/mol. The Kier molecular flexibility index (Phi) is 17.7. The summed E-state index contributed by atoms with van der Waals surface area (Å²) in [5, 5.41) is 4.91. The minimum Gasteiger partial charge on any atom is -0.238 e. The number of fused-ring (bicyclic) bond motifs is 4. The van der Waals surface area contributed by atoms with E-state index in [0.717, 1.165) is 85.6 Å². The van der Waals surface area contributed by atoms with Gasteiger partial charge in [0, 0.05) is 44.3 Å². The summed E-state index contributed by atoms with van der Waals surface area (Å²) in [6.07, 6.45) is 0. The molecule has 0 fully saturated rings. The van der Waals surface area contributed by atoms with E-state index in [1.54, 1.807) is 0 Å². The normalized spacial score (nSPS) is 10.9. The molecule has 0 saturated carbocycles. The van der Waals surface area contributed by atoms with Crippen LogP contribution < -0.4 is 0 Å². The summed E-state index contributed by atoms with van der Waals surface area (Å²) in [5.41, 5.74) is 30.1. The Labute approximate surface area is 436 Å². The van der Waals surface area contributed by atoms with Crippen LogP contribution in [-0.4, -0.2) is 54.8 Å². The van der Waals surface area contributed by atoms with Gasteiger partial charge in [0.05, 0.1) is 22.1 Å². The van der Waals surface area contributed by atoms with E-state index in [-0.39, 0.29) is 0 Å². The molecule has 5 heterocycles. The van der Waals surface area contributed by atoms with Crippen LogP contribution >= 0.6 is 0 Å². The molecule has 0 amide bonds. The number of hydrogen-bond acceptors (Lipinski definition) is 11. The van der Waals surface area contributed by atoms with Crippen LogP contribution in [0.15, 0.2) is 0 Å². The molecule has 0 unspecified atom stereocenters. The molecule has 0 N–H and O–H groups in total. The van der Waals surface area contributed by atoms with Crippen molar-refractivity contribution in [3.05, 3.63) is 153 Å². The molecule has 384 valence electrons. The van der Waals surface area contributed by atoms with E-state index in [4.69, 9.17) is 0 Å². The summed E-state index contributed by atoms with van der Waals surface area (Å²) in [4.78, 5) is 48.2. The van der Waals surface area contributed by atoms with Gasteiger partial charge in [0.25, 0.3) is 0 Å². The van der Waals surface area contributed by atoms with Gasteiger partial charge in [-0.2, -0.15) is 0 Å². The molecular formula is C62H81N11. The van der Waals surface area contributed by atoms with Crippen molar-refractivity contribution in [2.24, 2.45) is 0 Å². The van der Waals surface area contributed by atoms with Crippen molar-refractivity contribution in [3.8, 4) is 0 Å². The Morgan fingerprint density at radius 3 is 0.438 bits per heavy atom. The van der Waals surface area contributed by atoms with Crippen molar-refractivity contribution in [3.63, 3.8) is 0 Å². The predicted octanol–water partition coefficient (Wildman–Crippen LogP) is 14.7. The molecule has 0 bridgehead atoms. The average molecular weight is 980 g/mol. The minimum absolute atomic E-state index is 0.792. The molecule has 4 aromatic carbocycles. The minimum atomic E-state index is 0.792. The summed E-state index contributed by atoms with van der Waals surface area (Å²) < 4.78 is 0. The molecule has 0 saturated heterocycles. The van der Waals surface area contributed by atoms with E-state index in [0.29, 0.717) is 0 Å². The zero-order chi connectivity index (χ0) is 55.0. The summed E-state index contributed by atoms with van der Waals surface area (Å²) in [6, 6.07) is 0. The highest BCUT2D eigenvalue weighted by Gasteiger charge is 2.17. The van der Waals surface area contributed by atoms with E-state index < -0.39 is 0 Å². The second kappa shape index (κ2) is 22.6. The molecule has 5 aromatic heterocycles. The van der Waals surface area contributed by atoms with Gasteiger partial charge in [0.15, 0.2) is 0 Å². The molecule has 0 aliphatic rings. The first kappa shape index (κ1) is 57.2. The molecule has 0 radical (unpaired) electrons. The van der Waals surface area contributed by atoms with E-state index in [1.807, 2.05) is 48.5 Å². The maximum atomic E-state index is 4.59. The molecule has 0 atom stereocenters. The number of nitrogens with zero attached hydrogens (tertiary/aromatic N) is 11. The number of aryl methyl sites for hydroxylation is 19. The van der Waals surface area contributed by atoms with Gasteiger partial charge in [0.2, 0.25) is 0 Å². The predicted molar refractivity (Wildman–Crippen MR) is 306 cm³/mol.